The van der Waals surface area contributed by atoms with Crippen LogP contribution in [0.4, 0.5) is 0 Å². The molecule has 0 spiro atoms. The van der Waals surface area contributed by atoms with Gasteiger partial charge in [-0.3, -0.25) is 0 Å². The molecule has 0 saturated carbocycles. The molecular weight excluding hydrogens is 324 g/mol. The Balaban J connectivity index is 2.74. The molecule has 6 nitrogen and oxygen atoms in total. The van der Waals surface area contributed by atoms with Crippen LogP contribution in [-0.4, -0.2) is 50.1 Å². The van der Waals surface area contributed by atoms with Gasteiger partial charge in [-0.1, -0.05) is 18.7 Å². The summed E-state index contributed by atoms with van der Waals surface area (Å²) >= 11 is 0. The largest absolute Gasteiger partial charge is 0.455 e. The number of ether oxygens (including phenoxy) is 5. The molecule has 6 heteroatoms. The van der Waals surface area contributed by atoms with Crippen molar-refractivity contribution in [3.8, 4) is 0 Å². The average molecular weight is 354 g/mol. The fourth-order valence-corrected chi connectivity index (χ4v) is 2.61. The third-order valence-corrected chi connectivity index (χ3v) is 3.67. The van der Waals surface area contributed by atoms with Crippen molar-refractivity contribution < 1.29 is 28.5 Å². The zero-order chi connectivity index (χ0) is 18.9. The molecule has 4 atom stereocenters. The lowest BCUT2D eigenvalue weighted by atomic mass is 10.1. The number of rotatable bonds is 11. The monoisotopic (exact) mass is 354 g/mol. The van der Waals surface area contributed by atoms with Gasteiger partial charge in [0.15, 0.2) is 5.79 Å². The molecule has 1 saturated heterocycles. The van der Waals surface area contributed by atoms with E-state index in [2.05, 4.69) is 13.2 Å². The maximum Gasteiger partial charge on any atom is 0.330 e. The minimum atomic E-state index is -0.607. The summed E-state index contributed by atoms with van der Waals surface area (Å²) in [5.74, 6) is -1.08. The quantitative estimate of drug-likeness (QED) is 0.246. The summed E-state index contributed by atoms with van der Waals surface area (Å²) in [5, 5.41) is 0. The lowest BCUT2D eigenvalue weighted by Crippen LogP contribution is -2.27. The van der Waals surface area contributed by atoms with Gasteiger partial charge in [-0.25, -0.2) is 4.79 Å². The van der Waals surface area contributed by atoms with E-state index in [9.17, 15) is 4.79 Å². The maximum absolute atomic E-state index is 11.4. The smallest absolute Gasteiger partial charge is 0.330 e. The van der Waals surface area contributed by atoms with Crippen LogP contribution in [-0.2, 0) is 28.5 Å². The highest BCUT2D eigenvalue weighted by Gasteiger charge is 2.39. The van der Waals surface area contributed by atoms with Gasteiger partial charge in [0.1, 0.15) is 12.9 Å². The first kappa shape index (κ1) is 21.6. The molecule has 0 aromatic rings. The Hall–Kier alpha value is -1.47. The number of carbonyl (C=O) groups is 1. The van der Waals surface area contributed by atoms with Crippen LogP contribution in [0.25, 0.3) is 0 Å². The average Bonchev–Trinajstić information content (AvgIpc) is 2.81. The molecule has 0 bridgehead atoms. The van der Waals surface area contributed by atoms with Gasteiger partial charge in [0, 0.05) is 26.0 Å². The third-order valence-electron chi connectivity index (χ3n) is 3.67. The number of hydrogen-bond donors (Lipinski definition) is 0. The van der Waals surface area contributed by atoms with Gasteiger partial charge in [-0.15, -0.1) is 6.58 Å². The topological polar surface area (TPSA) is 63.2 Å². The van der Waals surface area contributed by atoms with Crippen molar-refractivity contribution in [1.82, 2.24) is 0 Å². The fourth-order valence-electron chi connectivity index (χ4n) is 2.61. The molecule has 0 aromatic carbocycles. The Labute approximate surface area is 150 Å². The summed E-state index contributed by atoms with van der Waals surface area (Å²) in [6.07, 6.45) is 6.73. The first-order valence-electron chi connectivity index (χ1n) is 8.39. The van der Waals surface area contributed by atoms with Crippen LogP contribution in [0.15, 0.2) is 37.5 Å². The van der Waals surface area contributed by atoms with Gasteiger partial charge in [0.25, 0.3) is 0 Å². The van der Waals surface area contributed by atoms with E-state index in [0.717, 1.165) is 6.08 Å². The number of carbonyl (C=O) groups excluding carboxylic acids is 1. The first-order chi connectivity index (χ1) is 11.8. The molecular formula is C19H30O6. The second-order valence-electron chi connectivity index (χ2n) is 6.32. The van der Waals surface area contributed by atoms with Crippen LogP contribution in [0.3, 0.4) is 0 Å². The van der Waals surface area contributed by atoms with Crippen LogP contribution >= 0.6 is 0 Å². The fraction of sp³-hybridized carbons (Fsp3) is 0.632. The summed E-state index contributed by atoms with van der Waals surface area (Å²) in [5.41, 5.74) is 0. The third kappa shape index (κ3) is 7.96. The van der Waals surface area contributed by atoms with E-state index in [0.29, 0.717) is 12.8 Å². The summed E-state index contributed by atoms with van der Waals surface area (Å²) in [6.45, 7) is 13.0. The normalized spacial score (nSPS) is 24.8. The second-order valence-corrected chi connectivity index (χ2v) is 6.32. The Morgan fingerprint density at radius 2 is 1.92 bits per heavy atom. The predicted molar refractivity (Wildman–Crippen MR) is 94.9 cm³/mol. The highest BCUT2D eigenvalue weighted by Crippen LogP contribution is 2.30. The van der Waals surface area contributed by atoms with Gasteiger partial charge in [0.05, 0.1) is 18.3 Å². The lowest BCUT2D eigenvalue weighted by molar-refractivity contribution is -0.149. The summed E-state index contributed by atoms with van der Waals surface area (Å²) in [7, 11) is 1.56. The van der Waals surface area contributed by atoms with Crippen LogP contribution in [0.2, 0.25) is 0 Å². The molecule has 0 N–H and O–H groups in total. The van der Waals surface area contributed by atoms with E-state index in [1.165, 1.54) is 0 Å². The van der Waals surface area contributed by atoms with Gasteiger partial charge in [-0.2, -0.15) is 0 Å². The first-order valence-corrected chi connectivity index (χ1v) is 8.39. The number of esters is 1. The Morgan fingerprint density at radius 3 is 2.44 bits per heavy atom. The minimum Gasteiger partial charge on any atom is -0.455 e. The Morgan fingerprint density at radius 1 is 1.24 bits per heavy atom. The van der Waals surface area contributed by atoms with E-state index in [4.69, 9.17) is 23.7 Å². The van der Waals surface area contributed by atoms with E-state index >= 15 is 0 Å². The van der Waals surface area contributed by atoms with Crippen molar-refractivity contribution in [3.63, 3.8) is 0 Å². The highest BCUT2D eigenvalue weighted by atomic mass is 16.8. The molecule has 0 unspecified atom stereocenters. The molecule has 1 aliphatic heterocycles. The van der Waals surface area contributed by atoms with E-state index in [1.807, 2.05) is 26.8 Å². The van der Waals surface area contributed by atoms with Crippen LogP contribution in [0, 0.1) is 0 Å². The number of methoxy groups -OCH3 is 1. The van der Waals surface area contributed by atoms with Gasteiger partial charge in [-0.05, 0) is 26.8 Å². The SMILES string of the molecule is C=CC[C@H](/C=C\[C@H](C[C@@H]1OC(C)(C)O[C@H]1C)OCOC)OC(=O)C=C. The predicted octanol–water partition coefficient (Wildman–Crippen LogP) is 3.14. The zero-order valence-electron chi connectivity index (χ0n) is 15.6. The van der Waals surface area contributed by atoms with E-state index in [1.54, 1.807) is 19.3 Å². The van der Waals surface area contributed by atoms with Crippen LogP contribution in [0.1, 0.15) is 33.6 Å². The van der Waals surface area contributed by atoms with Crippen molar-refractivity contribution in [1.29, 1.82) is 0 Å². The molecule has 1 fully saturated rings. The molecule has 25 heavy (non-hydrogen) atoms. The molecule has 142 valence electrons. The molecule has 0 aliphatic carbocycles. The lowest BCUT2D eigenvalue weighted by Gasteiger charge is -2.21. The van der Waals surface area contributed by atoms with Crippen molar-refractivity contribution in [2.75, 3.05) is 13.9 Å². The Kier molecular flexibility index (Phi) is 9.06. The number of hydrogen-bond acceptors (Lipinski definition) is 6. The van der Waals surface area contributed by atoms with Gasteiger partial charge < -0.3 is 23.7 Å². The molecule has 1 rings (SSSR count). The van der Waals surface area contributed by atoms with Crippen molar-refractivity contribution in [3.05, 3.63) is 37.5 Å². The molecule has 0 radical (unpaired) electrons. The Bertz CT molecular complexity index is 471. The summed E-state index contributed by atoms with van der Waals surface area (Å²) in [6, 6.07) is 0. The van der Waals surface area contributed by atoms with Crippen LogP contribution < -0.4 is 0 Å². The van der Waals surface area contributed by atoms with Crippen molar-refractivity contribution in [2.45, 2.75) is 63.8 Å². The summed E-state index contributed by atoms with van der Waals surface area (Å²) < 4.78 is 27.6. The van der Waals surface area contributed by atoms with E-state index in [-0.39, 0.29) is 25.1 Å². The van der Waals surface area contributed by atoms with Gasteiger partial charge >= 0.3 is 5.97 Å². The standard InChI is InChI=1S/C19H30O6/c1-7-9-15(23-18(20)8-2)10-11-16(22-13-21-6)12-17-14(3)24-19(4,5)25-17/h7-8,10-11,14-17H,1-2,9,12-13H2,3-6H3/b11-10-/t14-,15+,16+,17-/m0/s1. The maximum atomic E-state index is 11.4. The van der Waals surface area contributed by atoms with Crippen molar-refractivity contribution in [2.24, 2.45) is 0 Å². The zero-order valence-corrected chi connectivity index (χ0v) is 15.6. The minimum absolute atomic E-state index is 0.0420. The molecule has 1 heterocycles. The molecule has 0 amide bonds. The van der Waals surface area contributed by atoms with Crippen LogP contribution in [0.5, 0.6) is 0 Å². The van der Waals surface area contributed by atoms with Gasteiger partial charge in [0.2, 0.25) is 0 Å². The highest BCUT2D eigenvalue weighted by molar-refractivity contribution is 5.81. The molecule has 0 aromatic heterocycles. The second kappa shape index (κ2) is 10.5. The molecule has 1 aliphatic rings. The van der Waals surface area contributed by atoms with E-state index < -0.39 is 17.9 Å². The summed E-state index contributed by atoms with van der Waals surface area (Å²) in [4.78, 5) is 11.4. The van der Waals surface area contributed by atoms with Crippen molar-refractivity contribution >= 4 is 5.97 Å².